The molecule has 0 unspecified atom stereocenters. The molecule has 3 rings (SSSR count). The van der Waals surface area contributed by atoms with Crippen LogP contribution in [0.4, 0.5) is 0 Å². The third-order valence-electron chi connectivity index (χ3n) is 3.49. The minimum Gasteiger partial charge on any atom is -0.493 e. The number of nitriles is 1. The zero-order chi connectivity index (χ0) is 15.5. The maximum atomic E-state index is 9.42. The van der Waals surface area contributed by atoms with Crippen LogP contribution in [0.15, 0.2) is 48.5 Å². The average molecular weight is 290 g/mol. The molecular formula is C18H14N2O2. The summed E-state index contributed by atoms with van der Waals surface area (Å²) in [5.74, 6) is 1.24. The third kappa shape index (κ3) is 2.33. The normalized spacial score (nSPS) is 10.2. The molecule has 0 bridgehead atoms. The van der Waals surface area contributed by atoms with Crippen molar-refractivity contribution in [3.63, 3.8) is 0 Å². The van der Waals surface area contributed by atoms with Crippen LogP contribution in [-0.2, 0) is 0 Å². The molecule has 0 radical (unpaired) electrons. The standard InChI is InChI=1S/C18H14N2O2/c1-21-16-9-13-8-14(11-19)18(12-6-4-3-5-7-12)20-15(13)10-17(16)22-2/h3-10H,1-2H3. The molecule has 22 heavy (non-hydrogen) atoms. The van der Waals surface area contributed by atoms with E-state index in [-0.39, 0.29) is 0 Å². The summed E-state index contributed by atoms with van der Waals surface area (Å²) >= 11 is 0. The lowest BCUT2D eigenvalue weighted by Gasteiger charge is -2.11. The van der Waals surface area contributed by atoms with E-state index in [0.29, 0.717) is 22.8 Å². The summed E-state index contributed by atoms with van der Waals surface area (Å²) < 4.78 is 10.6. The second-order valence-corrected chi connectivity index (χ2v) is 4.76. The van der Waals surface area contributed by atoms with Gasteiger partial charge in [-0.2, -0.15) is 5.26 Å². The van der Waals surface area contributed by atoms with E-state index in [1.165, 1.54) is 0 Å². The van der Waals surface area contributed by atoms with E-state index in [1.54, 1.807) is 14.2 Å². The summed E-state index contributed by atoms with van der Waals surface area (Å²) in [5, 5.41) is 10.3. The lowest BCUT2D eigenvalue weighted by molar-refractivity contribution is 0.356. The Kier molecular flexibility index (Phi) is 3.63. The summed E-state index contributed by atoms with van der Waals surface area (Å²) in [7, 11) is 3.17. The van der Waals surface area contributed by atoms with Gasteiger partial charge in [0.2, 0.25) is 0 Å². The Hall–Kier alpha value is -3.06. The number of benzene rings is 2. The number of pyridine rings is 1. The highest BCUT2D eigenvalue weighted by molar-refractivity contribution is 5.87. The van der Waals surface area contributed by atoms with E-state index in [0.717, 1.165) is 16.5 Å². The van der Waals surface area contributed by atoms with E-state index < -0.39 is 0 Å². The van der Waals surface area contributed by atoms with Crippen molar-refractivity contribution in [3.8, 4) is 28.8 Å². The Labute approximate surface area is 128 Å². The molecule has 0 amide bonds. The van der Waals surface area contributed by atoms with Crippen molar-refractivity contribution in [2.24, 2.45) is 0 Å². The van der Waals surface area contributed by atoms with Gasteiger partial charge in [0.25, 0.3) is 0 Å². The van der Waals surface area contributed by atoms with Crippen LogP contribution in [0.2, 0.25) is 0 Å². The van der Waals surface area contributed by atoms with Gasteiger partial charge in [0.15, 0.2) is 11.5 Å². The highest BCUT2D eigenvalue weighted by Crippen LogP contribution is 2.33. The first kappa shape index (κ1) is 13.9. The zero-order valence-electron chi connectivity index (χ0n) is 12.3. The van der Waals surface area contributed by atoms with Gasteiger partial charge in [-0.1, -0.05) is 30.3 Å². The minimum atomic E-state index is 0.533. The molecule has 4 nitrogen and oxygen atoms in total. The molecule has 3 aromatic rings. The fourth-order valence-electron chi connectivity index (χ4n) is 2.40. The molecule has 1 heterocycles. The van der Waals surface area contributed by atoms with Crippen molar-refractivity contribution in [1.29, 1.82) is 5.26 Å². The minimum absolute atomic E-state index is 0.533. The summed E-state index contributed by atoms with van der Waals surface area (Å²) in [6.07, 6.45) is 0. The van der Waals surface area contributed by atoms with Crippen molar-refractivity contribution in [1.82, 2.24) is 4.98 Å². The van der Waals surface area contributed by atoms with Crippen LogP contribution in [0.5, 0.6) is 11.5 Å². The molecule has 0 aliphatic heterocycles. The fraction of sp³-hybridized carbons (Fsp3) is 0.111. The number of hydrogen-bond donors (Lipinski definition) is 0. The highest BCUT2D eigenvalue weighted by atomic mass is 16.5. The molecule has 108 valence electrons. The van der Waals surface area contributed by atoms with E-state index in [9.17, 15) is 5.26 Å². The maximum absolute atomic E-state index is 9.42. The van der Waals surface area contributed by atoms with Crippen molar-refractivity contribution >= 4 is 10.9 Å². The van der Waals surface area contributed by atoms with Crippen molar-refractivity contribution in [2.75, 3.05) is 14.2 Å². The number of aromatic nitrogens is 1. The average Bonchev–Trinajstić information content (AvgIpc) is 2.59. The van der Waals surface area contributed by atoms with Crippen LogP contribution in [0, 0.1) is 11.3 Å². The monoisotopic (exact) mass is 290 g/mol. The van der Waals surface area contributed by atoms with Gasteiger partial charge in [0.1, 0.15) is 6.07 Å². The van der Waals surface area contributed by atoms with E-state index in [4.69, 9.17) is 9.47 Å². The zero-order valence-corrected chi connectivity index (χ0v) is 12.3. The number of rotatable bonds is 3. The molecule has 0 N–H and O–H groups in total. The number of methoxy groups -OCH3 is 2. The molecular weight excluding hydrogens is 276 g/mol. The highest BCUT2D eigenvalue weighted by Gasteiger charge is 2.12. The lowest BCUT2D eigenvalue weighted by Crippen LogP contribution is -1.94. The van der Waals surface area contributed by atoms with Crippen molar-refractivity contribution in [3.05, 3.63) is 54.1 Å². The lowest BCUT2D eigenvalue weighted by atomic mass is 10.0. The Bertz CT molecular complexity index is 868. The quantitative estimate of drug-likeness (QED) is 0.736. The van der Waals surface area contributed by atoms with E-state index in [1.807, 2.05) is 48.5 Å². The molecule has 0 saturated carbocycles. The Morgan fingerprint density at radius 2 is 1.64 bits per heavy atom. The van der Waals surface area contributed by atoms with E-state index in [2.05, 4.69) is 11.1 Å². The van der Waals surface area contributed by atoms with Crippen molar-refractivity contribution in [2.45, 2.75) is 0 Å². The van der Waals surface area contributed by atoms with Crippen LogP contribution < -0.4 is 9.47 Å². The van der Waals surface area contributed by atoms with Gasteiger partial charge in [0, 0.05) is 17.0 Å². The Balaban J connectivity index is 2.29. The first-order valence-corrected chi connectivity index (χ1v) is 6.79. The summed E-state index contributed by atoms with van der Waals surface area (Å²) in [6, 6.07) is 17.4. The number of nitrogens with zero attached hydrogens (tertiary/aromatic N) is 2. The predicted molar refractivity (Wildman–Crippen MR) is 85.0 cm³/mol. The van der Waals surface area contributed by atoms with Crippen LogP contribution in [0.3, 0.4) is 0 Å². The SMILES string of the molecule is COc1cc2cc(C#N)c(-c3ccccc3)nc2cc1OC. The van der Waals surface area contributed by atoms with Gasteiger partial charge in [-0.15, -0.1) is 0 Å². The summed E-state index contributed by atoms with van der Waals surface area (Å²) in [6.45, 7) is 0. The second kappa shape index (κ2) is 5.74. The van der Waals surface area contributed by atoms with Gasteiger partial charge in [-0.25, -0.2) is 4.98 Å². The largest absolute Gasteiger partial charge is 0.493 e. The summed E-state index contributed by atoms with van der Waals surface area (Å²) in [4.78, 5) is 4.64. The molecule has 1 aromatic heterocycles. The fourth-order valence-corrected chi connectivity index (χ4v) is 2.40. The summed E-state index contributed by atoms with van der Waals surface area (Å²) in [5.41, 5.74) is 2.87. The molecule has 0 saturated heterocycles. The second-order valence-electron chi connectivity index (χ2n) is 4.76. The first-order valence-electron chi connectivity index (χ1n) is 6.79. The smallest absolute Gasteiger partial charge is 0.162 e. The van der Waals surface area contributed by atoms with Gasteiger partial charge < -0.3 is 9.47 Å². The van der Waals surface area contributed by atoms with Crippen LogP contribution in [-0.4, -0.2) is 19.2 Å². The van der Waals surface area contributed by atoms with Gasteiger partial charge in [-0.05, 0) is 12.1 Å². The number of hydrogen-bond acceptors (Lipinski definition) is 4. The maximum Gasteiger partial charge on any atom is 0.162 e. The van der Waals surface area contributed by atoms with Gasteiger partial charge >= 0.3 is 0 Å². The van der Waals surface area contributed by atoms with Gasteiger partial charge in [-0.3, -0.25) is 0 Å². The Morgan fingerprint density at radius 3 is 2.27 bits per heavy atom. The molecule has 0 aliphatic carbocycles. The topological polar surface area (TPSA) is 55.1 Å². The van der Waals surface area contributed by atoms with Crippen LogP contribution >= 0.6 is 0 Å². The molecule has 2 aromatic carbocycles. The van der Waals surface area contributed by atoms with Crippen LogP contribution in [0.1, 0.15) is 5.56 Å². The third-order valence-corrected chi connectivity index (χ3v) is 3.49. The number of fused-ring (bicyclic) bond motifs is 1. The molecule has 0 aliphatic rings. The molecule has 4 heteroatoms. The van der Waals surface area contributed by atoms with Gasteiger partial charge in [0.05, 0.1) is 31.0 Å². The Morgan fingerprint density at radius 1 is 0.955 bits per heavy atom. The molecule has 0 fully saturated rings. The molecule has 0 atom stereocenters. The predicted octanol–water partition coefficient (Wildman–Crippen LogP) is 3.79. The number of ether oxygens (including phenoxy) is 2. The van der Waals surface area contributed by atoms with E-state index >= 15 is 0 Å². The van der Waals surface area contributed by atoms with Crippen molar-refractivity contribution < 1.29 is 9.47 Å². The molecule has 0 spiro atoms. The first-order chi connectivity index (χ1) is 10.8. The van der Waals surface area contributed by atoms with Crippen LogP contribution in [0.25, 0.3) is 22.2 Å².